The zero-order valence-corrected chi connectivity index (χ0v) is 14.7. The molecule has 1 aliphatic heterocycles. The lowest BCUT2D eigenvalue weighted by Crippen LogP contribution is -2.23. The maximum absolute atomic E-state index is 6.28. The van der Waals surface area contributed by atoms with Crippen molar-refractivity contribution in [2.75, 3.05) is 20.2 Å². The maximum Gasteiger partial charge on any atom is 0.124 e. The molecule has 1 N–H and O–H groups in total. The van der Waals surface area contributed by atoms with E-state index in [4.69, 9.17) is 9.47 Å². The molecule has 2 heterocycles. The molecule has 6 nitrogen and oxygen atoms in total. The predicted octanol–water partition coefficient (Wildman–Crippen LogP) is 2.74. The molecule has 25 heavy (non-hydrogen) atoms. The quantitative estimate of drug-likeness (QED) is 0.874. The lowest BCUT2D eigenvalue weighted by atomic mass is 10.0. The van der Waals surface area contributed by atoms with Gasteiger partial charge in [-0.05, 0) is 31.7 Å². The van der Waals surface area contributed by atoms with Crippen molar-refractivity contribution in [2.45, 2.75) is 50.4 Å². The van der Waals surface area contributed by atoms with E-state index in [2.05, 4.69) is 44.6 Å². The van der Waals surface area contributed by atoms with Gasteiger partial charge in [0.05, 0.1) is 24.1 Å². The molecule has 1 aromatic heterocycles. The van der Waals surface area contributed by atoms with E-state index in [0.29, 0.717) is 6.10 Å². The Morgan fingerprint density at radius 2 is 2.04 bits per heavy atom. The van der Waals surface area contributed by atoms with Crippen molar-refractivity contribution in [1.82, 2.24) is 20.3 Å². The normalized spacial score (nSPS) is 24.8. The van der Waals surface area contributed by atoms with Gasteiger partial charge in [-0.1, -0.05) is 18.2 Å². The molecule has 2 fully saturated rings. The lowest BCUT2D eigenvalue weighted by molar-refractivity contribution is 0.0955. The largest absolute Gasteiger partial charge is 0.490 e. The number of hydrogen-bond donors (Lipinski definition) is 1. The predicted molar refractivity (Wildman–Crippen MR) is 94.5 cm³/mol. The molecule has 0 bridgehead atoms. The van der Waals surface area contributed by atoms with Crippen LogP contribution in [0.5, 0.6) is 5.75 Å². The number of para-hydroxylation sites is 1. The molecular weight excluding hydrogens is 316 g/mol. The second kappa shape index (κ2) is 7.54. The van der Waals surface area contributed by atoms with Crippen LogP contribution in [-0.2, 0) is 11.3 Å². The molecule has 2 aliphatic rings. The van der Waals surface area contributed by atoms with Gasteiger partial charge in [-0.2, -0.15) is 15.4 Å². The molecule has 1 aliphatic carbocycles. The first-order valence-electron chi connectivity index (χ1n) is 9.19. The first-order valence-corrected chi connectivity index (χ1v) is 9.19. The fourth-order valence-corrected chi connectivity index (χ4v) is 4.07. The highest BCUT2D eigenvalue weighted by atomic mass is 16.5. The molecule has 0 radical (unpaired) electrons. The summed E-state index contributed by atoms with van der Waals surface area (Å²) in [6.45, 7) is 2.69. The van der Waals surface area contributed by atoms with Gasteiger partial charge in [-0.3, -0.25) is 4.90 Å². The number of rotatable bonds is 6. The third-order valence-electron chi connectivity index (χ3n) is 5.42. The molecule has 0 spiro atoms. The van der Waals surface area contributed by atoms with Crippen LogP contribution in [0.2, 0.25) is 0 Å². The van der Waals surface area contributed by atoms with Gasteiger partial charge >= 0.3 is 0 Å². The Balaban J connectivity index is 1.45. The van der Waals surface area contributed by atoms with Gasteiger partial charge in [0.25, 0.3) is 0 Å². The summed E-state index contributed by atoms with van der Waals surface area (Å²) >= 11 is 0. The van der Waals surface area contributed by atoms with Crippen LogP contribution in [0.4, 0.5) is 0 Å². The summed E-state index contributed by atoms with van der Waals surface area (Å²) in [7, 11) is 1.78. The van der Waals surface area contributed by atoms with Gasteiger partial charge in [-0.25, -0.2) is 0 Å². The number of hydrogen-bond acceptors (Lipinski definition) is 5. The smallest absolute Gasteiger partial charge is 0.124 e. The third-order valence-corrected chi connectivity index (χ3v) is 5.42. The minimum Gasteiger partial charge on any atom is -0.490 e. The highest BCUT2D eigenvalue weighted by molar-refractivity contribution is 5.33. The zero-order valence-electron chi connectivity index (χ0n) is 14.7. The number of aromatic nitrogens is 3. The van der Waals surface area contributed by atoms with E-state index in [1.54, 1.807) is 13.3 Å². The van der Waals surface area contributed by atoms with E-state index in [-0.39, 0.29) is 12.0 Å². The number of nitrogens with one attached hydrogen (secondary N) is 1. The number of nitrogens with zero attached hydrogens (tertiary/aromatic N) is 3. The van der Waals surface area contributed by atoms with E-state index < -0.39 is 0 Å². The Hall–Kier alpha value is -1.92. The summed E-state index contributed by atoms with van der Waals surface area (Å²) in [4.78, 5) is 2.42. The highest BCUT2D eigenvalue weighted by Gasteiger charge is 2.35. The van der Waals surface area contributed by atoms with Crippen molar-refractivity contribution in [1.29, 1.82) is 0 Å². The zero-order chi connectivity index (χ0) is 17.1. The molecule has 1 aromatic carbocycles. The van der Waals surface area contributed by atoms with Crippen LogP contribution in [0, 0.1) is 0 Å². The van der Waals surface area contributed by atoms with E-state index >= 15 is 0 Å². The fourth-order valence-electron chi connectivity index (χ4n) is 4.07. The lowest BCUT2D eigenvalue weighted by Gasteiger charge is -2.20. The molecule has 4 rings (SSSR count). The Labute approximate surface area is 148 Å². The third kappa shape index (κ3) is 3.70. The van der Waals surface area contributed by atoms with E-state index in [1.165, 1.54) is 31.2 Å². The van der Waals surface area contributed by atoms with Crippen LogP contribution in [0.1, 0.15) is 42.9 Å². The minimum atomic E-state index is 0.146. The van der Waals surface area contributed by atoms with Gasteiger partial charge in [0.2, 0.25) is 0 Å². The number of aromatic amines is 1. The molecule has 134 valence electrons. The first-order chi connectivity index (χ1) is 12.3. The highest BCUT2D eigenvalue weighted by Crippen LogP contribution is 2.32. The Morgan fingerprint density at radius 3 is 2.80 bits per heavy atom. The summed E-state index contributed by atoms with van der Waals surface area (Å²) in [6, 6.07) is 8.44. The van der Waals surface area contributed by atoms with Crippen LogP contribution in [0.15, 0.2) is 30.5 Å². The molecule has 0 unspecified atom stereocenters. The summed E-state index contributed by atoms with van der Waals surface area (Å²) in [5.41, 5.74) is 2.23. The monoisotopic (exact) mass is 342 g/mol. The standard InChI is InChI=1S/C19H26N4O2/c1-24-19-13-23(12-16(19)17-10-20-22-21-17)11-14-6-2-5-9-18(14)25-15-7-3-4-8-15/h2,5-6,9-10,15-16,19H,3-4,7-8,11-13H2,1H3,(H,20,21,22)/t16-,19+/m0/s1. The summed E-state index contributed by atoms with van der Waals surface area (Å²) in [5, 5.41) is 10.9. The molecule has 6 heteroatoms. The maximum atomic E-state index is 6.28. The van der Waals surface area contributed by atoms with Crippen LogP contribution in [-0.4, -0.2) is 52.7 Å². The van der Waals surface area contributed by atoms with Crippen LogP contribution < -0.4 is 4.74 Å². The van der Waals surface area contributed by atoms with Crippen molar-refractivity contribution >= 4 is 0 Å². The van der Waals surface area contributed by atoms with Crippen molar-refractivity contribution in [2.24, 2.45) is 0 Å². The fraction of sp³-hybridized carbons (Fsp3) is 0.579. The molecular formula is C19H26N4O2. The summed E-state index contributed by atoms with van der Waals surface area (Å²) < 4.78 is 12.0. The number of likely N-dealkylation sites (tertiary alicyclic amines) is 1. The SMILES string of the molecule is CO[C@@H]1CN(Cc2ccccc2OC2CCCC2)C[C@H]1c1cn[nH]n1. The van der Waals surface area contributed by atoms with Crippen LogP contribution in [0.25, 0.3) is 0 Å². The average Bonchev–Trinajstić information content (AvgIpc) is 3.38. The number of ether oxygens (including phenoxy) is 2. The van der Waals surface area contributed by atoms with E-state index in [1.807, 2.05) is 0 Å². The van der Waals surface area contributed by atoms with Gasteiger partial charge in [0, 0.05) is 38.2 Å². The van der Waals surface area contributed by atoms with Crippen LogP contribution >= 0.6 is 0 Å². The number of methoxy groups -OCH3 is 1. The molecule has 1 saturated carbocycles. The van der Waals surface area contributed by atoms with Gasteiger partial charge in [0.15, 0.2) is 0 Å². The van der Waals surface area contributed by atoms with E-state index in [9.17, 15) is 0 Å². The van der Waals surface area contributed by atoms with Crippen LogP contribution in [0.3, 0.4) is 0 Å². The van der Waals surface area contributed by atoms with Crippen molar-refractivity contribution in [3.05, 3.63) is 41.7 Å². The molecule has 2 aromatic rings. The Bertz CT molecular complexity index is 670. The molecule has 2 atom stereocenters. The topological polar surface area (TPSA) is 63.3 Å². The average molecular weight is 342 g/mol. The summed E-state index contributed by atoms with van der Waals surface area (Å²) in [5.74, 6) is 1.29. The van der Waals surface area contributed by atoms with Crippen molar-refractivity contribution in [3.8, 4) is 5.75 Å². The molecule has 1 saturated heterocycles. The second-order valence-electron chi connectivity index (χ2n) is 7.10. The minimum absolute atomic E-state index is 0.146. The number of benzene rings is 1. The molecule has 0 amide bonds. The van der Waals surface area contributed by atoms with Crippen molar-refractivity contribution in [3.63, 3.8) is 0 Å². The summed E-state index contributed by atoms with van der Waals surface area (Å²) in [6.07, 6.45) is 7.26. The van der Waals surface area contributed by atoms with Gasteiger partial charge in [0.1, 0.15) is 5.75 Å². The number of H-pyrrole nitrogens is 1. The van der Waals surface area contributed by atoms with Crippen molar-refractivity contribution < 1.29 is 9.47 Å². The first kappa shape index (κ1) is 16.5. The Morgan fingerprint density at radius 1 is 1.20 bits per heavy atom. The van der Waals surface area contributed by atoms with Gasteiger partial charge < -0.3 is 9.47 Å². The Kier molecular flexibility index (Phi) is 4.99. The second-order valence-corrected chi connectivity index (χ2v) is 7.10. The van der Waals surface area contributed by atoms with E-state index in [0.717, 1.165) is 31.1 Å². The van der Waals surface area contributed by atoms with Gasteiger partial charge in [-0.15, -0.1) is 0 Å².